The van der Waals surface area contributed by atoms with Gasteiger partial charge >= 0.3 is 0 Å². The van der Waals surface area contributed by atoms with E-state index >= 15 is 0 Å². The number of rotatable bonds is 3. The highest BCUT2D eigenvalue weighted by atomic mass is 79.9. The molecule has 0 saturated heterocycles. The number of benzene rings is 3. The van der Waals surface area contributed by atoms with E-state index in [-0.39, 0.29) is 11.6 Å². The van der Waals surface area contributed by atoms with E-state index in [1.807, 2.05) is 6.07 Å². The van der Waals surface area contributed by atoms with Crippen molar-refractivity contribution in [3.05, 3.63) is 81.6 Å². The van der Waals surface area contributed by atoms with E-state index in [1.165, 1.54) is 18.2 Å². The summed E-state index contributed by atoms with van der Waals surface area (Å²) in [6, 6.07) is 11.3. The number of nitrogens with one attached hydrogen (secondary N) is 1. The van der Waals surface area contributed by atoms with E-state index in [0.29, 0.717) is 16.7 Å². The standard InChI is InChI=1S/C20H8BrF5N2O2/c21-10-4-2-1-3-9(10)20-28-11-7-8(5-6-12(11)30-20)27-19(29)13-14(22)16(24)18(26)17(25)15(13)23/h1-7H,(H,27,29). The third-order valence-electron chi connectivity index (χ3n) is 4.19. The highest BCUT2D eigenvalue weighted by Crippen LogP contribution is 2.31. The van der Waals surface area contributed by atoms with Crippen LogP contribution in [0, 0.1) is 29.1 Å². The SMILES string of the molecule is O=C(Nc1ccc2oc(-c3ccccc3Br)nc2c1)c1c(F)c(F)c(F)c(F)c1F. The van der Waals surface area contributed by atoms with Crippen LogP contribution in [0.1, 0.15) is 10.4 Å². The first kappa shape index (κ1) is 20.0. The Kier molecular flexibility index (Phi) is 5.02. The Morgan fingerprint density at radius 2 is 1.53 bits per heavy atom. The van der Waals surface area contributed by atoms with Crippen LogP contribution in [0.3, 0.4) is 0 Å². The number of fused-ring (bicyclic) bond motifs is 1. The maximum atomic E-state index is 13.8. The Hall–Kier alpha value is -3.27. The first-order chi connectivity index (χ1) is 14.3. The lowest BCUT2D eigenvalue weighted by Crippen LogP contribution is -2.19. The van der Waals surface area contributed by atoms with Crippen molar-refractivity contribution in [1.29, 1.82) is 0 Å². The Balaban J connectivity index is 1.69. The van der Waals surface area contributed by atoms with Crippen LogP contribution in [0.4, 0.5) is 27.6 Å². The summed E-state index contributed by atoms with van der Waals surface area (Å²) in [5, 5.41) is 2.10. The molecule has 0 aliphatic rings. The van der Waals surface area contributed by atoms with Crippen molar-refractivity contribution < 1.29 is 31.2 Å². The van der Waals surface area contributed by atoms with Gasteiger partial charge in [-0.2, -0.15) is 0 Å². The van der Waals surface area contributed by atoms with Gasteiger partial charge in [0.2, 0.25) is 11.7 Å². The smallest absolute Gasteiger partial charge is 0.261 e. The van der Waals surface area contributed by atoms with Gasteiger partial charge in [0.1, 0.15) is 11.1 Å². The number of halogens is 6. The molecule has 0 saturated carbocycles. The number of anilines is 1. The quantitative estimate of drug-likeness (QED) is 0.214. The largest absolute Gasteiger partial charge is 0.436 e. The Labute approximate surface area is 173 Å². The first-order valence-electron chi connectivity index (χ1n) is 8.26. The molecule has 1 aromatic heterocycles. The molecule has 30 heavy (non-hydrogen) atoms. The molecule has 0 aliphatic heterocycles. The molecule has 10 heteroatoms. The number of aromatic nitrogens is 1. The summed E-state index contributed by atoms with van der Waals surface area (Å²) < 4.78 is 73.9. The normalized spacial score (nSPS) is 11.1. The minimum Gasteiger partial charge on any atom is -0.436 e. The second kappa shape index (κ2) is 7.52. The zero-order valence-electron chi connectivity index (χ0n) is 14.6. The summed E-state index contributed by atoms with van der Waals surface area (Å²) in [7, 11) is 0. The van der Waals surface area contributed by atoms with Gasteiger partial charge < -0.3 is 9.73 Å². The van der Waals surface area contributed by atoms with E-state index in [2.05, 4.69) is 26.2 Å². The maximum Gasteiger partial charge on any atom is 0.261 e. The van der Waals surface area contributed by atoms with Crippen molar-refractivity contribution in [3.8, 4) is 11.5 Å². The van der Waals surface area contributed by atoms with Crippen molar-refractivity contribution in [2.45, 2.75) is 0 Å². The molecule has 1 heterocycles. The minimum absolute atomic E-state index is 0.0171. The van der Waals surface area contributed by atoms with Gasteiger partial charge in [0.15, 0.2) is 28.9 Å². The number of carbonyl (C=O) groups is 1. The number of hydrogen-bond acceptors (Lipinski definition) is 3. The highest BCUT2D eigenvalue weighted by molar-refractivity contribution is 9.10. The molecule has 0 spiro atoms. The summed E-state index contributed by atoms with van der Waals surface area (Å²) in [6.07, 6.45) is 0. The second-order valence-corrected chi connectivity index (χ2v) is 6.93. The fraction of sp³-hybridized carbons (Fsp3) is 0. The summed E-state index contributed by atoms with van der Waals surface area (Å²) in [6.45, 7) is 0. The van der Waals surface area contributed by atoms with Gasteiger partial charge in [0, 0.05) is 10.2 Å². The van der Waals surface area contributed by atoms with Gasteiger partial charge in [-0.05, 0) is 46.3 Å². The molecule has 152 valence electrons. The molecule has 0 fully saturated rings. The molecule has 0 bridgehead atoms. The van der Waals surface area contributed by atoms with E-state index < -0.39 is 40.6 Å². The predicted molar refractivity (Wildman–Crippen MR) is 101 cm³/mol. The van der Waals surface area contributed by atoms with Crippen LogP contribution in [0.15, 0.2) is 51.4 Å². The predicted octanol–water partition coefficient (Wildman–Crippen LogP) is 6.21. The van der Waals surface area contributed by atoms with Crippen LogP contribution in [0.5, 0.6) is 0 Å². The second-order valence-electron chi connectivity index (χ2n) is 6.08. The maximum absolute atomic E-state index is 13.8. The zero-order valence-corrected chi connectivity index (χ0v) is 16.2. The van der Waals surface area contributed by atoms with Crippen molar-refractivity contribution in [3.63, 3.8) is 0 Å². The van der Waals surface area contributed by atoms with E-state index in [4.69, 9.17) is 4.42 Å². The van der Waals surface area contributed by atoms with Gasteiger partial charge in [0.25, 0.3) is 5.91 Å². The average molecular weight is 483 g/mol. The third kappa shape index (κ3) is 3.32. The van der Waals surface area contributed by atoms with Gasteiger partial charge in [0.05, 0.1) is 5.56 Å². The molecule has 4 rings (SSSR count). The topological polar surface area (TPSA) is 55.1 Å². The van der Waals surface area contributed by atoms with Gasteiger partial charge in [-0.25, -0.2) is 26.9 Å². The molecule has 0 unspecified atom stereocenters. The number of amides is 1. The minimum atomic E-state index is -2.34. The zero-order chi connectivity index (χ0) is 21.6. The lowest BCUT2D eigenvalue weighted by molar-refractivity contribution is 0.101. The van der Waals surface area contributed by atoms with Crippen LogP contribution < -0.4 is 5.32 Å². The lowest BCUT2D eigenvalue weighted by atomic mass is 10.1. The molecule has 0 atom stereocenters. The summed E-state index contributed by atoms with van der Waals surface area (Å²) in [4.78, 5) is 16.5. The lowest BCUT2D eigenvalue weighted by Gasteiger charge is -2.09. The van der Waals surface area contributed by atoms with Crippen molar-refractivity contribution in [2.24, 2.45) is 0 Å². The van der Waals surface area contributed by atoms with Crippen LogP contribution in [0.25, 0.3) is 22.6 Å². The molecule has 1 N–H and O–H groups in total. The molecule has 0 aliphatic carbocycles. The number of carbonyl (C=O) groups excluding carboxylic acids is 1. The van der Waals surface area contributed by atoms with Gasteiger partial charge in [-0.1, -0.05) is 12.1 Å². The Morgan fingerprint density at radius 1 is 0.900 bits per heavy atom. The Bertz CT molecular complexity index is 1290. The molecular formula is C20H8BrF5N2O2. The molecular weight excluding hydrogens is 475 g/mol. The number of hydrogen-bond donors (Lipinski definition) is 1. The van der Waals surface area contributed by atoms with Crippen LogP contribution in [0.2, 0.25) is 0 Å². The van der Waals surface area contributed by atoms with Crippen molar-refractivity contribution in [2.75, 3.05) is 5.32 Å². The fourth-order valence-electron chi connectivity index (χ4n) is 2.75. The van der Waals surface area contributed by atoms with Gasteiger partial charge in [-0.15, -0.1) is 0 Å². The number of nitrogens with zero attached hydrogens (tertiary/aromatic N) is 1. The molecule has 3 aromatic carbocycles. The van der Waals surface area contributed by atoms with Crippen LogP contribution in [-0.4, -0.2) is 10.9 Å². The molecule has 0 radical (unpaired) electrons. The highest BCUT2D eigenvalue weighted by Gasteiger charge is 2.29. The van der Waals surface area contributed by atoms with E-state index in [9.17, 15) is 26.7 Å². The summed E-state index contributed by atoms with van der Waals surface area (Å²) in [5.41, 5.74) is -0.240. The van der Waals surface area contributed by atoms with Gasteiger partial charge in [-0.3, -0.25) is 4.79 Å². The van der Waals surface area contributed by atoms with E-state index in [0.717, 1.165) is 4.47 Å². The molecule has 4 aromatic rings. The van der Waals surface area contributed by atoms with E-state index in [1.54, 1.807) is 18.2 Å². The molecule has 1 amide bonds. The average Bonchev–Trinajstić information content (AvgIpc) is 3.14. The monoisotopic (exact) mass is 482 g/mol. The van der Waals surface area contributed by atoms with Crippen LogP contribution in [-0.2, 0) is 0 Å². The summed E-state index contributed by atoms with van der Waals surface area (Å²) in [5.74, 6) is -12.4. The first-order valence-corrected chi connectivity index (χ1v) is 9.05. The fourth-order valence-corrected chi connectivity index (χ4v) is 3.21. The summed E-state index contributed by atoms with van der Waals surface area (Å²) >= 11 is 3.38. The Morgan fingerprint density at radius 3 is 2.20 bits per heavy atom. The third-order valence-corrected chi connectivity index (χ3v) is 4.88. The number of oxazole rings is 1. The van der Waals surface area contributed by atoms with Crippen molar-refractivity contribution in [1.82, 2.24) is 4.98 Å². The van der Waals surface area contributed by atoms with Crippen molar-refractivity contribution >= 4 is 38.6 Å². The molecule has 4 nitrogen and oxygen atoms in total. The van der Waals surface area contributed by atoms with Crippen LogP contribution >= 0.6 is 15.9 Å².